The van der Waals surface area contributed by atoms with E-state index < -0.39 is 5.82 Å². The molecule has 1 aromatic rings. The number of hydrogen-bond donors (Lipinski definition) is 3. The number of nitrogens with one attached hydrogen (secondary N) is 2. The molecule has 0 bridgehead atoms. The van der Waals surface area contributed by atoms with Crippen LogP contribution in [-0.2, 0) is 0 Å². The van der Waals surface area contributed by atoms with E-state index in [9.17, 15) is 4.39 Å². The fourth-order valence-electron chi connectivity index (χ4n) is 3.64. The second-order valence-corrected chi connectivity index (χ2v) is 8.41. The van der Waals surface area contributed by atoms with Gasteiger partial charge < -0.3 is 16.0 Å². The van der Waals surface area contributed by atoms with Crippen LogP contribution in [0.15, 0.2) is 37.1 Å². The molecule has 6 heteroatoms. The van der Waals surface area contributed by atoms with Gasteiger partial charge in [0.1, 0.15) is 11.7 Å². The standard InChI is InChI=1S/C23H32FN5/c1-15(20-7-6-19(22(26)27)14-21(20)24)28-16(2)23(4,5)17(3)29-12-9-18(8-11-25)10-13-29/h6-7,14,16,18,28H,1,3,8-10,12-13H2,2,4-5H3,(H3,26,27). The molecule has 1 saturated heterocycles. The number of hydrogen-bond acceptors (Lipinski definition) is 4. The molecule has 156 valence electrons. The lowest BCUT2D eigenvalue weighted by Crippen LogP contribution is -2.46. The molecule has 0 spiro atoms. The Morgan fingerprint density at radius 3 is 2.55 bits per heavy atom. The summed E-state index contributed by atoms with van der Waals surface area (Å²) in [6.45, 7) is 16.5. The zero-order valence-corrected chi connectivity index (χ0v) is 17.7. The Kier molecular flexibility index (Phi) is 7.07. The van der Waals surface area contributed by atoms with Crippen LogP contribution >= 0.6 is 0 Å². The third-order valence-corrected chi connectivity index (χ3v) is 6.20. The maximum atomic E-state index is 14.5. The quantitative estimate of drug-likeness (QED) is 0.452. The monoisotopic (exact) mass is 397 g/mol. The molecule has 0 amide bonds. The van der Waals surface area contributed by atoms with Crippen LogP contribution in [0.4, 0.5) is 4.39 Å². The zero-order valence-electron chi connectivity index (χ0n) is 17.7. The number of halogens is 1. The summed E-state index contributed by atoms with van der Waals surface area (Å²) >= 11 is 0. The van der Waals surface area contributed by atoms with Gasteiger partial charge in [0, 0.05) is 53.5 Å². The normalized spacial score (nSPS) is 16.0. The Hall–Kier alpha value is -2.81. The van der Waals surface area contributed by atoms with Crippen LogP contribution in [0.1, 0.15) is 51.2 Å². The van der Waals surface area contributed by atoms with Crippen LogP contribution in [0.5, 0.6) is 0 Å². The van der Waals surface area contributed by atoms with Crippen molar-refractivity contribution in [2.75, 3.05) is 13.1 Å². The van der Waals surface area contributed by atoms with Gasteiger partial charge in [0.05, 0.1) is 6.07 Å². The van der Waals surface area contributed by atoms with E-state index in [1.54, 1.807) is 12.1 Å². The van der Waals surface area contributed by atoms with E-state index in [-0.39, 0.29) is 17.3 Å². The van der Waals surface area contributed by atoms with Gasteiger partial charge in [-0.15, -0.1) is 0 Å². The maximum absolute atomic E-state index is 14.5. The topological polar surface area (TPSA) is 88.9 Å². The molecule has 1 fully saturated rings. The van der Waals surface area contributed by atoms with Crippen molar-refractivity contribution in [3.05, 3.63) is 54.0 Å². The third kappa shape index (κ3) is 5.17. The smallest absolute Gasteiger partial charge is 0.133 e. The number of amidine groups is 1. The predicted octanol–water partition coefficient (Wildman–Crippen LogP) is 4.22. The van der Waals surface area contributed by atoms with Crippen molar-refractivity contribution in [1.82, 2.24) is 10.2 Å². The van der Waals surface area contributed by atoms with Gasteiger partial charge in [0.2, 0.25) is 0 Å². The van der Waals surface area contributed by atoms with Gasteiger partial charge in [-0.05, 0) is 37.8 Å². The molecule has 1 aliphatic heterocycles. The molecular weight excluding hydrogens is 365 g/mol. The van der Waals surface area contributed by atoms with Crippen LogP contribution in [0.3, 0.4) is 0 Å². The average Bonchev–Trinajstić information content (AvgIpc) is 2.67. The van der Waals surface area contributed by atoms with Gasteiger partial charge in [-0.1, -0.05) is 33.1 Å². The van der Waals surface area contributed by atoms with Crippen molar-refractivity contribution in [1.29, 1.82) is 10.7 Å². The highest BCUT2D eigenvalue weighted by atomic mass is 19.1. The Balaban J connectivity index is 2.04. The molecule has 0 radical (unpaired) electrons. The van der Waals surface area contributed by atoms with Crippen molar-refractivity contribution in [2.24, 2.45) is 17.1 Å². The molecule has 1 aliphatic rings. The average molecular weight is 398 g/mol. The highest BCUT2D eigenvalue weighted by Gasteiger charge is 2.34. The minimum Gasteiger partial charge on any atom is -0.384 e. The number of piperidine rings is 1. The van der Waals surface area contributed by atoms with Crippen molar-refractivity contribution < 1.29 is 4.39 Å². The maximum Gasteiger partial charge on any atom is 0.133 e. The van der Waals surface area contributed by atoms with E-state index in [2.05, 4.69) is 43.3 Å². The molecule has 1 aromatic carbocycles. The Labute approximate surface area is 173 Å². The van der Waals surface area contributed by atoms with Crippen LogP contribution in [0.25, 0.3) is 5.70 Å². The van der Waals surface area contributed by atoms with Gasteiger partial charge in [-0.3, -0.25) is 5.41 Å². The van der Waals surface area contributed by atoms with E-state index in [1.165, 1.54) is 6.07 Å². The number of nitrogens with zero attached hydrogens (tertiary/aromatic N) is 2. The summed E-state index contributed by atoms with van der Waals surface area (Å²) in [5.41, 5.74) is 7.38. The second-order valence-electron chi connectivity index (χ2n) is 8.41. The fraction of sp³-hybridized carbons (Fsp3) is 0.478. The van der Waals surface area contributed by atoms with E-state index in [0.29, 0.717) is 29.2 Å². The summed E-state index contributed by atoms with van der Waals surface area (Å²) in [6.07, 6.45) is 2.63. The summed E-state index contributed by atoms with van der Waals surface area (Å²) in [6, 6.07) is 6.70. The van der Waals surface area contributed by atoms with E-state index in [0.717, 1.165) is 31.6 Å². The van der Waals surface area contributed by atoms with Gasteiger partial charge in [-0.25, -0.2) is 4.39 Å². The minimum atomic E-state index is -0.460. The van der Waals surface area contributed by atoms with Crippen LogP contribution in [-0.4, -0.2) is 29.9 Å². The molecular formula is C23H32FN5. The van der Waals surface area contributed by atoms with Gasteiger partial charge in [-0.2, -0.15) is 5.26 Å². The summed E-state index contributed by atoms with van der Waals surface area (Å²) < 4.78 is 14.5. The number of benzene rings is 1. The van der Waals surface area contributed by atoms with Crippen LogP contribution in [0.2, 0.25) is 0 Å². The molecule has 5 nitrogen and oxygen atoms in total. The number of nitrogen functional groups attached to an aromatic ring is 1. The lowest BCUT2D eigenvalue weighted by Gasteiger charge is -2.43. The first-order valence-electron chi connectivity index (χ1n) is 9.99. The summed E-state index contributed by atoms with van der Waals surface area (Å²) in [7, 11) is 0. The molecule has 1 atom stereocenters. The summed E-state index contributed by atoms with van der Waals surface area (Å²) in [4.78, 5) is 2.30. The minimum absolute atomic E-state index is 0.0359. The van der Waals surface area contributed by atoms with Crippen LogP contribution in [0, 0.1) is 33.9 Å². The summed E-state index contributed by atoms with van der Waals surface area (Å²) in [5.74, 6) is -0.152. The number of likely N-dealkylation sites (tertiary alicyclic amines) is 1. The van der Waals surface area contributed by atoms with E-state index in [4.69, 9.17) is 16.4 Å². The molecule has 0 aliphatic carbocycles. The first-order chi connectivity index (χ1) is 13.6. The zero-order chi connectivity index (χ0) is 21.8. The lowest BCUT2D eigenvalue weighted by atomic mass is 9.80. The first-order valence-corrected chi connectivity index (χ1v) is 9.99. The molecule has 1 heterocycles. The number of nitriles is 1. The van der Waals surface area contributed by atoms with Crippen molar-refractivity contribution >= 4 is 11.5 Å². The molecule has 1 unspecified atom stereocenters. The highest BCUT2D eigenvalue weighted by Crippen LogP contribution is 2.35. The second kappa shape index (κ2) is 9.13. The van der Waals surface area contributed by atoms with E-state index in [1.807, 2.05) is 6.92 Å². The largest absolute Gasteiger partial charge is 0.384 e. The predicted molar refractivity (Wildman–Crippen MR) is 116 cm³/mol. The summed E-state index contributed by atoms with van der Waals surface area (Å²) in [5, 5.41) is 19.6. The van der Waals surface area contributed by atoms with E-state index >= 15 is 0 Å². The fourth-order valence-corrected chi connectivity index (χ4v) is 3.64. The molecule has 4 N–H and O–H groups in total. The SMILES string of the molecule is C=C(NC(C)C(C)(C)C(=C)N1CCC(CC#N)CC1)c1ccc(C(=N)N)cc1F. The lowest BCUT2D eigenvalue weighted by molar-refractivity contribution is 0.170. The Bertz CT molecular complexity index is 828. The molecule has 0 aromatic heterocycles. The highest BCUT2D eigenvalue weighted by molar-refractivity contribution is 5.95. The molecule has 29 heavy (non-hydrogen) atoms. The number of nitrogens with two attached hydrogens (primary N) is 1. The number of rotatable bonds is 8. The Morgan fingerprint density at radius 2 is 2.03 bits per heavy atom. The van der Waals surface area contributed by atoms with Crippen molar-refractivity contribution in [3.63, 3.8) is 0 Å². The Morgan fingerprint density at radius 1 is 1.41 bits per heavy atom. The van der Waals surface area contributed by atoms with Gasteiger partial charge in [0.15, 0.2) is 0 Å². The molecule has 2 rings (SSSR count). The van der Waals surface area contributed by atoms with Crippen molar-refractivity contribution in [3.8, 4) is 6.07 Å². The third-order valence-electron chi connectivity index (χ3n) is 6.20. The van der Waals surface area contributed by atoms with Crippen LogP contribution < -0.4 is 11.1 Å². The molecule has 0 saturated carbocycles. The van der Waals surface area contributed by atoms with Gasteiger partial charge >= 0.3 is 0 Å². The van der Waals surface area contributed by atoms with Gasteiger partial charge in [0.25, 0.3) is 0 Å². The first kappa shape index (κ1) is 22.5. The van der Waals surface area contributed by atoms with Crippen molar-refractivity contribution in [2.45, 2.75) is 46.1 Å².